The molecule has 0 aliphatic carbocycles. The van der Waals surface area contributed by atoms with Crippen LogP contribution in [-0.4, -0.2) is 11.1 Å². The first-order valence-electron chi connectivity index (χ1n) is 10.2. The second-order valence-corrected chi connectivity index (χ2v) is 9.68. The number of fused-ring (bicyclic) bond motifs is 1. The van der Waals surface area contributed by atoms with Crippen molar-refractivity contribution in [3.8, 4) is 11.3 Å². The molecule has 1 N–H and O–H groups in total. The largest absolute Gasteiger partial charge is 0.355 e. The molecule has 0 amide bonds. The first-order chi connectivity index (χ1) is 14.2. The third kappa shape index (κ3) is 4.41. The fourth-order valence-corrected chi connectivity index (χ4v) is 5.99. The zero-order chi connectivity index (χ0) is 20.2. The van der Waals surface area contributed by atoms with E-state index < -0.39 is 0 Å². The monoisotopic (exact) mass is 404 g/mol. The number of hydrogen-bond acceptors (Lipinski definition) is 2. The summed E-state index contributed by atoms with van der Waals surface area (Å²) >= 11 is 0. The van der Waals surface area contributed by atoms with E-state index in [0.29, 0.717) is 5.69 Å². The molecule has 3 aromatic rings. The van der Waals surface area contributed by atoms with E-state index in [2.05, 4.69) is 53.4 Å². The summed E-state index contributed by atoms with van der Waals surface area (Å²) in [5.41, 5.74) is 7.23. The number of benzene rings is 2. The highest BCUT2D eigenvalue weighted by Crippen LogP contribution is 2.47. The number of halogens is 1. The Hall–Kier alpha value is -2.51. The van der Waals surface area contributed by atoms with Gasteiger partial charge in [0.25, 0.3) is 0 Å². The summed E-state index contributed by atoms with van der Waals surface area (Å²) in [6.07, 6.45) is 8.57. The lowest BCUT2D eigenvalue weighted by Gasteiger charge is -2.25. The molecular formula is C25H26FN2P. The SMILES string of the molecule is CC/C=C/P1CCc2c(cccc2Nc2ccc(C)c(-c3ncccc3F)c2)C1. The Bertz CT molecular complexity index is 1040. The first kappa shape index (κ1) is 19.8. The number of pyridine rings is 1. The Balaban J connectivity index is 1.62. The highest BCUT2D eigenvalue weighted by atomic mass is 31.1. The number of allylic oxidation sites excluding steroid dienone is 1. The van der Waals surface area contributed by atoms with Crippen molar-refractivity contribution >= 4 is 19.3 Å². The van der Waals surface area contributed by atoms with E-state index in [1.807, 2.05) is 19.1 Å². The molecule has 2 aromatic carbocycles. The number of nitrogens with one attached hydrogen (secondary N) is 1. The van der Waals surface area contributed by atoms with E-state index in [9.17, 15) is 4.39 Å². The number of aromatic nitrogens is 1. The maximum atomic E-state index is 14.3. The molecule has 4 heteroatoms. The standard InChI is InChI=1S/C25H26FN2P/c1-3-4-14-29-15-12-21-19(17-29)7-5-9-24(21)28-20-11-10-18(2)22(16-20)25-23(26)8-6-13-27-25/h4-11,13-14,16,28H,3,12,15,17H2,1-2H3/b14-4+. The van der Waals surface area contributed by atoms with Gasteiger partial charge in [0.05, 0.1) is 0 Å². The van der Waals surface area contributed by atoms with Gasteiger partial charge in [0.2, 0.25) is 0 Å². The van der Waals surface area contributed by atoms with Crippen molar-refractivity contribution in [2.45, 2.75) is 32.9 Å². The predicted molar refractivity (Wildman–Crippen MR) is 123 cm³/mol. The van der Waals surface area contributed by atoms with Crippen LogP contribution in [0.25, 0.3) is 11.3 Å². The average Bonchev–Trinajstić information content (AvgIpc) is 2.74. The van der Waals surface area contributed by atoms with E-state index in [0.717, 1.165) is 41.5 Å². The maximum absolute atomic E-state index is 14.3. The summed E-state index contributed by atoms with van der Waals surface area (Å²) in [5, 5.41) is 3.59. The summed E-state index contributed by atoms with van der Waals surface area (Å²) < 4.78 is 14.3. The van der Waals surface area contributed by atoms with Gasteiger partial charge in [0.1, 0.15) is 11.5 Å². The van der Waals surface area contributed by atoms with E-state index >= 15 is 0 Å². The first-order valence-corrected chi connectivity index (χ1v) is 11.9. The van der Waals surface area contributed by atoms with E-state index in [-0.39, 0.29) is 13.7 Å². The summed E-state index contributed by atoms with van der Waals surface area (Å²) in [5.74, 6) is 2.14. The Morgan fingerprint density at radius 1 is 1.17 bits per heavy atom. The molecule has 1 atom stereocenters. The van der Waals surface area contributed by atoms with Gasteiger partial charge >= 0.3 is 0 Å². The molecule has 1 unspecified atom stereocenters. The van der Waals surface area contributed by atoms with E-state index in [1.165, 1.54) is 23.4 Å². The smallest absolute Gasteiger partial charge is 0.149 e. The third-order valence-electron chi connectivity index (χ3n) is 5.38. The fraction of sp³-hybridized carbons (Fsp3) is 0.240. The van der Waals surface area contributed by atoms with Crippen LogP contribution in [0.3, 0.4) is 0 Å². The zero-order valence-electron chi connectivity index (χ0n) is 17.0. The minimum Gasteiger partial charge on any atom is -0.355 e. The molecule has 1 aromatic heterocycles. The topological polar surface area (TPSA) is 24.9 Å². The van der Waals surface area contributed by atoms with Crippen molar-refractivity contribution in [1.29, 1.82) is 0 Å². The lowest BCUT2D eigenvalue weighted by Crippen LogP contribution is -2.08. The minimum absolute atomic E-state index is 0.0376. The molecular weight excluding hydrogens is 378 g/mol. The van der Waals surface area contributed by atoms with Crippen LogP contribution in [0.5, 0.6) is 0 Å². The van der Waals surface area contributed by atoms with E-state index in [1.54, 1.807) is 12.3 Å². The van der Waals surface area contributed by atoms with Gasteiger partial charge in [0, 0.05) is 23.1 Å². The second kappa shape index (κ2) is 8.88. The van der Waals surface area contributed by atoms with Crippen molar-refractivity contribution in [3.05, 3.63) is 89.1 Å². The van der Waals surface area contributed by atoms with Gasteiger partial charge < -0.3 is 5.32 Å². The highest BCUT2D eigenvalue weighted by Gasteiger charge is 2.19. The van der Waals surface area contributed by atoms with Crippen molar-refractivity contribution < 1.29 is 4.39 Å². The molecule has 0 saturated carbocycles. The van der Waals surface area contributed by atoms with Crippen LogP contribution in [0.15, 0.2) is 66.6 Å². The van der Waals surface area contributed by atoms with Gasteiger partial charge in [-0.1, -0.05) is 44.9 Å². The van der Waals surface area contributed by atoms with Crippen LogP contribution in [-0.2, 0) is 12.6 Å². The molecule has 0 bridgehead atoms. The molecule has 0 fully saturated rings. The lowest BCUT2D eigenvalue weighted by molar-refractivity contribution is 0.625. The van der Waals surface area contributed by atoms with Crippen LogP contribution in [0.4, 0.5) is 15.8 Å². The number of aryl methyl sites for hydroxylation is 1. The Morgan fingerprint density at radius 3 is 2.90 bits per heavy atom. The zero-order valence-corrected chi connectivity index (χ0v) is 17.8. The van der Waals surface area contributed by atoms with Gasteiger partial charge in [-0.2, -0.15) is 0 Å². The Kier molecular flexibility index (Phi) is 6.06. The molecule has 29 heavy (non-hydrogen) atoms. The molecule has 2 nitrogen and oxygen atoms in total. The summed E-state index contributed by atoms with van der Waals surface area (Å²) in [7, 11) is -0.0376. The number of nitrogens with zero attached hydrogens (tertiary/aromatic N) is 1. The van der Waals surface area contributed by atoms with Gasteiger partial charge in [-0.25, -0.2) is 4.39 Å². The predicted octanol–water partition coefficient (Wildman–Crippen LogP) is 7.40. The highest BCUT2D eigenvalue weighted by molar-refractivity contribution is 7.60. The van der Waals surface area contributed by atoms with Crippen LogP contribution in [0.1, 0.15) is 30.0 Å². The minimum atomic E-state index is -0.293. The van der Waals surface area contributed by atoms with Gasteiger partial charge in [-0.15, -0.1) is 0 Å². The Labute approximate surface area is 173 Å². The number of hydrogen-bond donors (Lipinski definition) is 1. The van der Waals surface area contributed by atoms with Crippen LogP contribution < -0.4 is 5.32 Å². The molecule has 2 heterocycles. The molecule has 4 rings (SSSR count). The molecule has 1 aliphatic heterocycles. The van der Waals surface area contributed by atoms with Gasteiger partial charge in [-0.3, -0.25) is 4.98 Å². The van der Waals surface area contributed by atoms with Crippen LogP contribution in [0.2, 0.25) is 0 Å². The van der Waals surface area contributed by atoms with Crippen molar-refractivity contribution in [2.75, 3.05) is 11.5 Å². The van der Waals surface area contributed by atoms with Crippen molar-refractivity contribution in [3.63, 3.8) is 0 Å². The fourth-order valence-electron chi connectivity index (χ4n) is 3.82. The lowest BCUT2D eigenvalue weighted by atomic mass is 10.0. The van der Waals surface area contributed by atoms with Gasteiger partial charge in [0.15, 0.2) is 0 Å². The van der Waals surface area contributed by atoms with Crippen LogP contribution in [0, 0.1) is 12.7 Å². The molecule has 148 valence electrons. The molecule has 0 saturated heterocycles. The van der Waals surface area contributed by atoms with E-state index in [4.69, 9.17) is 0 Å². The number of anilines is 2. The third-order valence-corrected chi connectivity index (χ3v) is 7.55. The summed E-state index contributed by atoms with van der Waals surface area (Å²) in [4.78, 5) is 4.25. The normalized spacial score (nSPS) is 16.0. The van der Waals surface area contributed by atoms with Crippen molar-refractivity contribution in [1.82, 2.24) is 4.98 Å². The quantitative estimate of drug-likeness (QED) is 0.448. The Morgan fingerprint density at radius 2 is 2.07 bits per heavy atom. The average molecular weight is 404 g/mol. The van der Waals surface area contributed by atoms with Gasteiger partial charge in [-0.05, 0) is 79.1 Å². The number of rotatable bonds is 5. The second-order valence-electron chi connectivity index (χ2n) is 7.45. The molecule has 1 aliphatic rings. The van der Waals surface area contributed by atoms with Crippen molar-refractivity contribution in [2.24, 2.45) is 0 Å². The van der Waals surface area contributed by atoms with Crippen LogP contribution >= 0.6 is 7.92 Å². The summed E-state index contributed by atoms with van der Waals surface area (Å²) in [6, 6.07) is 15.7. The molecule has 0 spiro atoms. The maximum Gasteiger partial charge on any atom is 0.149 e. The summed E-state index contributed by atoms with van der Waals surface area (Å²) in [6.45, 7) is 4.18. The molecule has 0 radical (unpaired) electrons.